The zero-order valence-electron chi connectivity index (χ0n) is 10.5. The maximum atomic E-state index is 13.9. The van der Waals surface area contributed by atoms with E-state index in [0.29, 0.717) is 17.7 Å². The number of hydrazine groups is 1. The lowest BCUT2D eigenvalue weighted by molar-refractivity contribution is 0.0942. The number of benzene rings is 1. The van der Waals surface area contributed by atoms with Gasteiger partial charge in [-0.15, -0.1) is 0 Å². The Morgan fingerprint density at radius 1 is 1.61 bits per heavy atom. The molecule has 2 atom stereocenters. The highest BCUT2D eigenvalue weighted by Gasteiger charge is 2.23. The van der Waals surface area contributed by atoms with Gasteiger partial charge in [-0.25, -0.2) is 4.39 Å². The molecule has 1 aromatic carbocycles. The summed E-state index contributed by atoms with van der Waals surface area (Å²) in [4.78, 5) is 0. The fourth-order valence-electron chi connectivity index (χ4n) is 2.30. The van der Waals surface area contributed by atoms with E-state index in [1.165, 1.54) is 13.2 Å². The van der Waals surface area contributed by atoms with E-state index in [1.54, 1.807) is 12.1 Å². The summed E-state index contributed by atoms with van der Waals surface area (Å²) in [5.41, 5.74) is 3.21. The van der Waals surface area contributed by atoms with Crippen molar-refractivity contribution in [2.75, 3.05) is 13.7 Å². The van der Waals surface area contributed by atoms with Crippen molar-refractivity contribution >= 4 is 0 Å². The Bertz CT molecular complexity index is 395. The molecule has 1 aliphatic heterocycles. The van der Waals surface area contributed by atoms with Crippen LogP contribution in [0.4, 0.5) is 4.39 Å². The van der Waals surface area contributed by atoms with Crippen LogP contribution in [-0.2, 0) is 4.74 Å². The fraction of sp³-hybridized carbons (Fsp3) is 0.538. The second-order valence-corrected chi connectivity index (χ2v) is 4.48. The maximum Gasteiger partial charge on any atom is 0.131 e. The summed E-state index contributed by atoms with van der Waals surface area (Å²) in [5.74, 6) is 5.71. The van der Waals surface area contributed by atoms with Crippen molar-refractivity contribution in [1.82, 2.24) is 5.43 Å². The normalized spacial score (nSPS) is 20.9. The van der Waals surface area contributed by atoms with Gasteiger partial charge in [0.1, 0.15) is 11.6 Å². The molecule has 100 valence electrons. The average molecular weight is 254 g/mol. The number of nitrogens with two attached hydrogens (primary N) is 1. The molecular formula is C13H19FN2O2. The zero-order chi connectivity index (χ0) is 13.0. The van der Waals surface area contributed by atoms with E-state index in [0.717, 1.165) is 19.4 Å². The Morgan fingerprint density at radius 3 is 3.00 bits per heavy atom. The van der Waals surface area contributed by atoms with Gasteiger partial charge in [0.15, 0.2) is 0 Å². The Balaban J connectivity index is 2.10. The first kappa shape index (κ1) is 13.3. The molecule has 0 spiro atoms. The number of hydrogen-bond donors (Lipinski definition) is 2. The first-order chi connectivity index (χ1) is 8.74. The van der Waals surface area contributed by atoms with Gasteiger partial charge in [-0.05, 0) is 25.3 Å². The first-order valence-electron chi connectivity index (χ1n) is 6.15. The maximum absolute atomic E-state index is 13.9. The monoisotopic (exact) mass is 254 g/mol. The lowest BCUT2D eigenvalue weighted by Gasteiger charge is -2.20. The summed E-state index contributed by atoms with van der Waals surface area (Å²) in [6.07, 6.45) is 2.91. The third-order valence-electron chi connectivity index (χ3n) is 3.31. The number of halogens is 1. The number of nitrogens with one attached hydrogen (secondary N) is 1. The summed E-state index contributed by atoms with van der Waals surface area (Å²) in [6, 6.07) is 4.57. The van der Waals surface area contributed by atoms with Gasteiger partial charge in [-0.1, -0.05) is 6.07 Å². The second kappa shape index (κ2) is 6.13. The zero-order valence-corrected chi connectivity index (χ0v) is 10.5. The van der Waals surface area contributed by atoms with Gasteiger partial charge in [-0.3, -0.25) is 11.3 Å². The largest absolute Gasteiger partial charge is 0.497 e. The quantitative estimate of drug-likeness (QED) is 0.622. The summed E-state index contributed by atoms with van der Waals surface area (Å²) in [7, 11) is 1.51. The van der Waals surface area contributed by atoms with E-state index in [2.05, 4.69) is 5.43 Å². The molecule has 5 heteroatoms. The number of rotatable bonds is 5. The molecule has 1 heterocycles. The molecule has 4 nitrogen and oxygen atoms in total. The van der Waals surface area contributed by atoms with E-state index < -0.39 is 0 Å². The third kappa shape index (κ3) is 2.98. The van der Waals surface area contributed by atoms with Crippen molar-refractivity contribution in [1.29, 1.82) is 0 Å². The van der Waals surface area contributed by atoms with Gasteiger partial charge in [0, 0.05) is 18.2 Å². The highest BCUT2D eigenvalue weighted by molar-refractivity contribution is 5.30. The minimum atomic E-state index is -0.310. The van der Waals surface area contributed by atoms with Crippen LogP contribution >= 0.6 is 0 Å². The summed E-state index contributed by atoms with van der Waals surface area (Å²) in [5, 5.41) is 0. The van der Waals surface area contributed by atoms with E-state index in [9.17, 15) is 4.39 Å². The van der Waals surface area contributed by atoms with E-state index in [4.69, 9.17) is 15.3 Å². The minimum Gasteiger partial charge on any atom is -0.497 e. The average Bonchev–Trinajstić information content (AvgIpc) is 2.89. The van der Waals surface area contributed by atoms with Crippen LogP contribution in [0, 0.1) is 5.82 Å². The molecule has 3 N–H and O–H groups in total. The molecule has 0 aromatic heterocycles. The van der Waals surface area contributed by atoms with Gasteiger partial charge in [0.2, 0.25) is 0 Å². The predicted molar refractivity (Wildman–Crippen MR) is 66.6 cm³/mol. The van der Waals surface area contributed by atoms with Gasteiger partial charge < -0.3 is 9.47 Å². The standard InChI is InChI=1S/C13H19FN2O2/c1-17-9-4-5-11(12(14)7-9)13(16-15)8-10-3-2-6-18-10/h4-5,7,10,13,16H,2-3,6,8,15H2,1H3. The van der Waals surface area contributed by atoms with Crippen LogP contribution in [0.15, 0.2) is 18.2 Å². The molecule has 18 heavy (non-hydrogen) atoms. The molecule has 1 saturated heterocycles. The van der Waals surface area contributed by atoms with Crippen molar-refractivity contribution in [3.05, 3.63) is 29.6 Å². The molecule has 1 fully saturated rings. The summed E-state index contributed by atoms with van der Waals surface area (Å²) in [6.45, 7) is 0.785. The minimum absolute atomic E-state index is 0.160. The van der Waals surface area contributed by atoms with E-state index in [-0.39, 0.29) is 18.0 Å². The molecule has 2 rings (SSSR count). The second-order valence-electron chi connectivity index (χ2n) is 4.48. The van der Waals surface area contributed by atoms with Crippen LogP contribution in [0.1, 0.15) is 30.9 Å². The molecule has 2 unspecified atom stereocenters. The molecule has 0 radical (unpaired) electrons. The summed E-state index contributed by atoms with van der Waals surface area (Å²) >= 11 is 0. The Labute approximate surface area is 106 Å². The van der Waals surface area contributed by atoms with Crippen molar-refractivity contribution in [3.8, 4) is 5.75 Å². The smallest absolute Gasteiger partial charge is 0.131 e. The molecule has 1 aliphatic rings. The Hall–Kier alpha value is -1.17. The molecule has 1 aromatic rings. The SMILES string of the molecule is COc1ccc(C(CC2CCCO2)NN)c(F)c1. The predicted octanol–water partition coefficient (Wildman–Crippen LogP) is 1.91. The lowest BCUT2D eigenvalue weighted by Crippen LogP contribution is -2.31. The highest BCUT2D eigenvalue weighted by Crippen LogP contribution is 2.28. The van der Waals surface area contributed by atoms with Crippen molar-refractivity contribution in [2.45, 2.75) is 31.4 Å². The Kier molecular flexibility index (Phi) is 4.52. The van der Waals surface area contributed by atoms with Crippen molar-refractivity contribution in [2.24, 2.45) is 5.84 Å². The van der Waals surface area contributed by atoms with Crippen LogP contribution in [-0.4, -0.2) is 19.8 Å². The Morgan fingerprint density at radius 2 is 2.44 bits per heavy atom. The van der Waals surface area contributed by atoms with Crippen LogP contribution in [0.3, 0.4) is 0 Å². The third-order valence-corrected chi connectivity index (χ3v) is 3.31. The topological polar surface area (TPSA) is 56.5 Å². The van der Waals surface area contributed by atoms with Gasteiger partial charge >= 0.3 is 0 Å². The summed E-state index contributed by atoms with van der Waals surface area (Å²) < 4.78 is 24.5. The molecular weight excluding hydrogens is 235 g/mol. The van der Waals surface area contributed by atoms with Gasteiger partial charge in [0.05, 0.1) is 19.3 Å². The van der Waals surface area contributed by atoms with Gasteiger partial charge in [0.25, 0.3) is 0 Å². The van der Waals surface area contributed by atoms with E-state index in [1.807, 2.05) is 0 Å². The molecule has 0 bridgehead atoms. The number of methoxy groups -OCH3 is 1. The van der Waals surface area contributed by atoms with Crippen LogP contribution < -0.4 is 16.0 Å². The van der Waals surface area contributed by atoms with Crippen molar-refractivity contribution < 1.29 is 13.9 Å². The van der Waals surface area contributed by atoms with Gasteiger partial charge in [-0.2, -0.15) is 0 Å². The fourth-order valence-corrected chi connectivity index (χ4v) is 2.30. The highest BCUT2D eigenvalue weighted by atomic mass is 19.1. The molecule has 0 amide bonds. The molecule has 0 aliphatic carbocycles. The number of hydrogen-bond acceptors (Lipinski definition) is 4. The van der Waals surface area contributed by atoms with Crippen LogP contribution in [0.5, 0.6) is 5.75 Å². The van der Waals surface area contributed by atoms with E-state index >= 15 is 0 Å². The number of ether oxygens (including phenoxy) is 2. The first-order valence-corrected chi connectivity index (χ1v) is 6.15. The molecule has 0 saturated carbocycles. The van der Waals surface area contributed by atoms with Crippen molar-refractivity contribution in [3.63, 3.8) is 0 Å². The van der Waals surface area contributed by atoms with Crippen LogP contribution in [0.2, 0.25) is 0 Å². The van der Waals surface area contributed by atoms with Crippen LogP contribution in [0.25, 0.3) is 0 Å². The lowest BCUT2D eigenvalue weighted by atomic mass is 9.99.